The smallest absolute Gasteiger partial charge is 0.162 e. The van der Waals surface area contributed by atoms with Gasteiger partial charge < -0.3 is 23.7 Å². The Hall–Kier alpha value is -6.26. The van der Waals surface area contributed by atoms with Gasteiger partial charge in [0.1, 0.15) is 23.9 Å². The second-order valence-corrected chi connectivity index (χ2v) is 24.2. The molecule has 420 valence electrons. The van der Waals surface area contributed by atoms with E-state index in [-0.39, 0.29) is 28.9 Å². The van der Waals surface area contributed by atoms with Gasteiger partial charge in [0.15, 0.2) is 23.1 Å². The molecule has 10 heteroatoms. The van der Waals surface area contributed by atoms with Crippen LogP contribution in [0.1, 0.15) is 216 Å². The summed E-state index contributed by atoms with van der Waals surface area (Å²) in [7, 11) is 1.67. The minimum absolute atomic E-state index is 0.200. The molecule has 5 aromatic carbocycles. The van der Waals surface area contributed by atoms with Gasteiger partial charge in [0.2, 0.25) is 0 Å². The van der Waals surface area contributed by atoms with Gasteiger partial charge in [0, 0.05) is 68.7 Å². The van der Waals surface area contributed by atoms with Crippen molar-refractivity contribution in [1.29, 1.82) is 0 Å². The zero-order valence-corrected chi connectivity index (χ0v) is 48.7. The number of nitrogens with zero attached hydrogens (tertiary/aromatic N) is 2. The molecule has 2 aliphatic carbocycles. The molecule has 2 aliphatic heterocycles. The van der Waals surface area contributed by atoms with E-state index in [2.05, 4.69) is 55.4 Å². The maximum atomic E-state index is 13.5. The van der Waals surface area contributed by atoms with Gasteiger partial charge in [-0.25, -0.2) is 0 Å². The number of carbonyl (C=O) groups is 4. The third kappa shape index (κ3) is 13.7. The topological polar surface area (TPSA) is 117 Å². The number of aromatic nitrogens is 2. The lowest BCUT2D eigenvalue weighted by molar-refractivity contribution is -0.120. The van der Waals surface area contributed by atoms with Crippen LogP contribution in [0.15, 0.2) is 108 Å². The maximum Gasteiger partial charge on any atom is 0.162 e. The van der Waals surface area contributed by atoms with E-state index in [4.69, 9.17) is 9.47 Å². The van der Waals surface area contributed by atoms with Crippen LogP contribution in [-0.4, -0.2) is 44.5 Å². The summed E-state index contributed by atoms with van der Waals surface area (Å²) < 4.78 is 17.0. The molecule has 7 aromatic rings. The number of benzene rings is 5. The third-order valence-electron chi connectivity index (χ3n) is 17.7. The summed E-state index contributed by atoms with van der Waals surface area (Å²) in [6.45, 7) is 1.07. The Labute approximate surface area is 482 Å². The lowest BCUT2D eigenvalue weighted by atomic mass is 9.81. The Bertz CT molecular complexity index is 3280. The zero-order chi connectivity index (χ0) is 55.4. The number of carbonyl (C=O) groups excluding carboxylic acids is 4. The van der Waals surface area contributed by atoms with Crippen molar-refractivity contribution < 1.29 is 33.8 Å². The van der Waals surface area contributed by atoms with Crippen molar-refractivity contribution in [3.63, 3.8) is 0 Å². The fourth-order valence-electron chi connectivity index (χ4n) is 13.4. The highest BCUT2D eigenvalue weighted by atomic mass is 79.9. The van der Waals surface area contributed by atoms with Crippen molar-refractivity contribution in [3.05, 3.63) is 135 Å². The van der Waals surface area contributed by atoms with Crippen LogP contribution in [0.3, 0.4) is 0 Å². The van der Waals surface area contributed by atoms with Gasteiger partial charge in [-0.1, -0.05) is 130 Å². The summed E-state index contributed by atoms with van der Waals surface area (Å²) >= 11 is 3.62. The number of methoxy groups -OCH3 is 1. The van der Waals surface area contributed by atoms with Gasteiger partial charge in [0.05, 0.1) is 31.6 Å². The lowest BCUT2D eigenvalue weighted by Crippen LogP contribution is -2.12. The van der Waals surface area contributed by atoms with Gasteiger partial charge in [-0.05, 0) is 164 Å². The number of ketones is 4. The van der Waals surface area contributed by atoms with Crippen molar-refractivity contribution >= 4 is 60.9 Å². The number of Topliss-reactive ketones (excluding diaryl/α,β-unsaturated/α-hetero) is 4. The number of halogens is 1. The fraction of sp³-hybridized carbons (Fsp3) is 0.457. The quantitative estimate of drug-likeness (QED) is 0.161. The SMILES string of the molecule is COc1ccc(Br)c(COc2ccc(-c3c(C4CCCCC4)c4ccc5cc4n3CC(=O)CCCCCCCCC5=O)cc2)c1.O=C1CCCCCCCCC(=O)c2ccc3c(C4CCCCC4)c(-c4ccc(O)cc4)n(c3c2)C1. The maximum absolute atomic E-state index is 13.5. The number of aromatic hydroxyl groups is 1. The van der Waals surface area contributed by atoms with Crippen LogP contribution in [-0.2, 0) is 29.3 Å². The van der Waals surface area contributed by atoms with E-state index in [1.165, 1.54) is 60.4 Å². The molecule has 4 bridgehead atoms. The molecule has 2 aromatic heterocycles. The minimum atomic E-state index is 0.200. The molecule has 11 rings (SSSR count). The Balaban J connectivity index is 0.000000186. The van der Waals surface area contributed by atoms with Gasteiger partial charge in [-0.15, -0.1) is 0 Å². The molecule has 0 saturated heterocycles. The average Bonchev–Trinajstić information content (AvgIpc) is 3.89. The van der Waals surface area contributed by atoms with E-state index in [0.29, 0.717) is 57.2 Å². The summed E-state index contributed by atoms with van der Waals surface area (Å²) in [4.78, 5) is 53.1. The highest BCUT2D eigenvalue weighted by molar-refractivity contribution is 9.10. The standard InChI is InChI=1S/C39H44BrNO4.C31H37NO3/c1-44-33-20-22-35(40)30(23-33)26-45-32-18-15-28(16-19-32)39-38(27-11-7-6-8-12-27)34-21-17-29-24-36(34)41(39)25-31(42)13-9-4-2-3-5-10-14-37(29)43;33-25-17-14-23(15-18-25)31-30(22-10-6-5-7-11-22)27-19-16-24-20-28(27)32(31)21-26(34)12-8-3-1-2-4-9-13-29(24)35/h15-24,27H,2-14,25-26H2,1H3;14-20,22,33H,1-13,21H2. The molecule has 0 radical (unpaired) electrons. The molecule has 0 amide bonds. The zero-order valence-electron chi connectivity index (χ0n) is 47.1. The van der Waals surface area contributed by atoms with Crippen LogP contribution < -0.4 is 9.47 Å². The van der Waals surface area contributed by atoms with Crippen LogP contribution in [0.25, 0.3) is 44.3 Å². The number of ether oxygens (including phenoxy) is 2. The first-order valence-corrected chi connectivity index (χ1v) is 31.2. The van der Waals surface area contributed by atoms with Crippen molar-refractivity contribution in [2.24, 2.45) is 0 Å². The first kappa shape index (κ1) is 57.0. The van der Waals surface area contributed by atoms with E-state index in [1.807, 2.05) is 60.7 Å². The summed E-state index contributed by atoms with van der Waals surface area (Å²) in [6.07, 6.45) is 27.0. The van der Waals surface area contributed by atoms with Crippen molar-refractivity contribution in [2.75, 3.05) is 7.11 Å². The Morgan fingerprint density at radius 1 is 0.463 bits per heavy atom. The Morgan fingerprint density at radius 2 is 0.863 bits per heavy atom. The largest absolute Gasteiger partial charge is 0.508 e. The molecule has 2 saturated carbocycles. The normalized spacial score (nSPS) is 18.1. The molecule has 4 heterocycles. The molecular weight excluding hydrogens is 1060 g/mol. The summed E-state index contributed by atoms with van der Waals surface area (Å²) in [5, 5.41) is 12.3. The Kier molecular flexibility index (Phi) is 19.6. The van der Waals surface area contributed by atoms with Gasteiger partial charge in [-0.3, -0.25) is 19.2 Å². The average molecular weight is 1140 g/mol. The van der Waals surface area contributed by atoms with E-state index in [9.17, 15) is 24.3 Å². The van der Waals surface area contributed by atoms with Crippen molar-refractivity contribution in [2.45, 2.75) is 198 Å². The third-order valence-corrected chi connectivity index (χ3v) is 18.5. The highest BCUT2D eigenvalue weighted by Crippen LogP contribution is 2.47. The first-order chi connectivity index (χ1) is 39.1. The van der Waals surface area contributed by atoms with Crippen molar-refractivity contribution in [3.8, 4) is 39.8 Å². The minimum Gasteiger partial charge on any atom is -0.508 e. The molecule has 9 nitrogen and oxygen atoms in total. The predicted molar refractivity (Wildman–Crippen MR) is 326 cm³/mol. The van der Waals surface area contributed by atoms with E-state index in [1.54, 1.807) is 19.2 Å². The van der Waals surface area contributed by atoms with Gasteiger partial charge in [-0.2, -0.15) is 0 Å². The Morgan fingerprint density at radius 3 is 1.32 bits per heavy atom. The second-order valence-electron chi connectivity index (χ2n) is 23.3. The summed E-state index contributed by atoms with van der Waals surface area (Å²) in [5.74, 6) is 3.61. The predicted octanol–water partition coefficient (Wildman–Crippen LogP) is 18.5. The number of phenolic OH excluding ortho intramolecular Hbond substituents is 1. The highest BCUT2D eigenvalue weighted by Gasteiger charge is 2.30. The molecule has 0 spiro atoms. The lowest BCUT2D eigenvalue weighted by Gasteiger charge is -2.24. The molecule has 0 atom stereocenters. The summed E-state index contributed by atoms with van der Waals surface area (Å²) in [6, 6.07) is 34.0. The van der Waals surface area contributed by atoms with Crippen LogP contribution in [0.5, 0.6) is 17.2 Å². The second kappa shape index (κ2) is 27.5. The van der Waals surface area contributed by atoms with E-state index in [0.717, 1.165) is 169 Å². The van der Waals surface area contributed by atoms with Gasteiger partial charge >= 0.3 is 0 Å². The molecule has 2 fully saturated rings. The molecule has 4 aliphatic rings. The van der Waals surface area contributed by atoms with Crippen LogP contribution >= 0.6 is 15.9 Å². The first-order valence-electron chi connectivity index (χ1n) is 30.4. The van der Waals surface area contributed by atoms with Gasteiger partial charge in [0.25, 0.3) is 0 Å². The summed E-state index contributed by atoms with van der Waals surface area (Å²) in [5.41, 5.74) is 11.5. The molecule has 80 heavy (non-hydrogen) atoms. The van der Waals surface area contributed by atoms with Crippen LogP contribution in [0.4, 0.5) is 0 Å². The fourth-order valence-corrected chi connectivity index (χ4v) is 13.7. The van der Waals surface area contributed by atoms with Crippen LogP contribution in [0, 0.1) is 0 Å². The number of rotatable bonds is 8. The van der Waals surface area contributed by atoms with E-state index >= 15 is 0 Å². The number of fused-ring (bicyclic) bond motifs is 2. The molecule has 0 unspecified atom stereocenters. The monoisotopic (exact) mass is 1140 g/mol. The molecule has 1 N–H and O–H groups in total. The number of hydrogen-bond donors (Lipinski definition) is 1. The van der Waals surface area contributed by atoms with Crippen molar-refractivity contribution in [1.82, 2.24) is 9.13 Å². The molecular formula is C70H81BrN2O7. The number of hydrogen-bond acceptors (Lipinski definition) is 7. The van der Waals surface area contributed by atoms with E-state index < -0.39 is 0 Å². The van der Waals surface area contributed by atoms with Crippen LogP contribution in [0.2, 0.25) is 0 Å². The number of phenols is 1.